The number of rotatable bonds is 3. The molecule has 3 N–H and O–H groups in total. The second kappa shape index (κ2) is 5.34. The molecule has 1 aromatic carbocycles. The quantitative estimate of drug-likeness (QED) is 0.874. The van der Waals surface area contributed by atoms with Crippen LogP contribution in [0.15, 0.2) is 18.2 Å². The summed E-state index contributed by atoms with van der Waals surface area (Å²) in [5, 5.41) is 10.5. The standard InChI is InChI=1S/C13H17ClFNO/c14-10-5-9(6-11(15)7-10)12(16)13(17)8-3-1-2-4-8/h5-8,12-13,17H,1-4,16H2/t12-,13+/m0/s1. The molecule has 2 atom stereocenters. The Morgan fingerprint density at radius 3 is 2.53 bits per heavy atom. The summed E-state index contributed by atoms with van der Waals surface area (Å²) in [7, 11) is 0. The molecule has 0 bridgehead atoms. The third kappa shape index (κ3) is 2.97. The largest absolute Gasteiger partial charge is 0.391 e. The van der Waals surface area contributed by atoms with Crippen LogP contribution in [0.4, 0.5) is 4.39 Å². The minimum Gasteiger partial charge on any atom is -0.391 e. The molecule has 2 rings (SSSR count). The van der Waals surface area contributed by atoms with Crippen LogP contribution in [0.2, 0.25) is 5.02 Å². The lowest BCUT2D eigenvalue weighted by Crippen LogP contribution is -2.32. The van der Waals surface area contributed by atoms with Gasteiger partial charge in [-0.15, -0.1) is 0 Å². The lowest BCUT2D eigenvalue weighted by Gasteiger charge is -2.24. The third-order valence-corrected chi connectivity index (χ3v) is 3.74. The van der Waals surface area contributed by atoms with Crippen LogP contribution in [0, 0.1) is 11.7 Å². The van der Waals surface area contributed by atoms with Gasteiger partial charge in [-0.3, -0.25) is 0 Å². The molecule has 2 nitrogen and oxygen atoms in total. The van der Waals surface area contributed by atoms with Crippen molar-refractivity contribution in [1.82, 2.24) is 0 Å². The van der Waals surface area contributed by atoms with Crippen LogP contribution in [-0.2, 0) is 0 Å². The van der Waals surface area contributed by atoms with Gasteiger partial charge in [-0.2, -0.15) is 0 Å². The first-order valence-corrected chi connectivity index (χ1v) is 6.35. The minimum absolute atomic E-state index is 0.229. The smallest absolute Gasteiger partial charge is 0.125 e. The summed E-state index contributed by atoms with van der Waals surface area (Å²) < 4.78 is 13.2. The van der Waals surface area contributed by atoms with Gasteiger partial charge in [0, 0.05) is 5.02 Å². The maximum Gasteiger partial charge on any atom is 0.125 e. The Hall–Kier alpha value is -0.640. The van der Waals surface area contributed by atoms with E-state index in [4.69, 9.17) is 17.3 Å². The van der Waals surface area contributed by atoms with E-state index in [2.05, 4.69) is 0 Å². The summed E-state index contributed by atoms with van der Waals surface area (Å²) in [5.74, 6) is -0.186. The molecule has 1 aromatic rings. The monoisotopic (exact) mass is 257 g/mol. The van der Waals surface area contributed by atoms with Crippen molar-refractivity contribution < 1.29 is 9.50 Å². The number of aliphatic hydroxyl groups excluding tert-OH is 1. The van der Waals surface area contributed by atoms with Gasteiger partial charge in [0.2, 0.25) is 0 Å². The molecule has 0 amide bonds. The maximum absolute atomic E-state index is 13.2. The molecule has 1 aliphatic rings. The van der Waals surface area contributed by atoms with Crippen molar-refractivity contribution >= 4 is 11.6 Å². The highest BCUT2D eigenvalue weighted by atomic mass is 35.5. The SMILES string of the molecule is N[C@@H](c1cc(F)cc(Cl)c1)[C@H](O)C1CCCC1. The zero-order valence-electron chi connectivity index (χ0n) is 9.57. The van der Waals surface area contributed by atoms with Crippen molar-refractivity contribution in [3.05, 3.63) is 34.6 Å². The number of benzene rings is 1. The Kier molecular flexibility index (Phi) is 4.02. The molecule has 0 radical (unpaired) electrons. The highest BCUT2D eigenvalue weighted by Gasteiger charge is 2.29. The van der Waals surface area contributed by atoms with Gasteiger partial charge in [0.15, 0.2) is 0 Å². The van der Waals surface area contributed by atoms with Crippen molar-refractivity contribution in [3.8, 4) is 0 Å². The molecular formula is C13H17ClFNO. The second-order valence-corrected chi connectivity index (χ2v) is 5.20. The highest BCUT2D eigenvalue weighted by Crippen LogP contribution is 2.33. The van der Waals surface area contributed by atoms with Gasteiger partial charge in [0.1, 0.15) is 5.82 Å². The van der Waals surface area contributed by atoms with Crippen LogP contribution in [0.5, 0.6) is 0 Å². The van der Waals surface area contributed by atoms with Crippen LogP contribution in [-0.4, -0.2) is 11.2 Å². The fraction of sp³-hybridized carbons (Fsp3) is 0.538. The topological polar surface area (TPSA) is 46.2 Å². The summed E-state index contributed by atoms with van der Waals surface area (Å²) in [4.78, 5) is 0. The van der Waals surface area contributed by atoms with E-state index in [1.165, 1.54) is 12.1 Å². The summed E-state index contributed by atoms with van der Waals surface area (Å²) in [6.45, 7) is 0. The van der Waals surface area contributed by atoms with Crippen LogP contribution >= 0.6 is 11.6 Å². The van der Waals surface area contributed by atoms with E-state index in [9.17, 15) is 9.50 Å². The normalized spacial score (nSPS) is 20.5. The van der Waals surface area contributed by atoms with Crippen LogP contribution in [0.1, 0.15) is 37.3 Å². The molecule has 0 saturated heterocycles. The average molecular weight is 258 g/mol. The van der Waals surface area contributed by atoms with E-state index >= 15 is 0 Å². The van der Waals surface area contributed by atoms with Crippen LogP contribution < -0.4 is 5.73 Å². The van der Waals surface area contributed by atoms with Crippen molar-refractivity contribution in [2.45, 2.75) is 37.8 Å². The van der Waals surface area contributed by atoms with E-state index < -0.39 is 18.0 Å². The fourth-order valence-corrected chi connectivity index (χ4v) is 2.79. The number of aliphatic hydroxyl groups is 1. The first-order chi connectivity index (χ1) is 8.08. The van der Waals surface area contributed by atoms with Gasteiger partial charge >= 0.3 is 0 Å². The zero-order valence-corrected chi connectivity index (χ0v) is 10.3. The molecule has 4 heteroatoms. The average Bonchev–Trinajstić information content (AvgIpc) is 2.79. The van der Waals surface area contributed by atoms with Gasteiger partial charge in [0.25, 0.3) is 0 Å². The summed E-state index contributed by atoms with van der Waals surface area (Å²) >= 11 is 5.78. The molecule has 0 aromatic heterocycles. The Bertz CT molecular complexity index is 373. The minimum atomic E-state index is -0.615. The van der Waals surface area contributed by atoms with E-state index in [1.807, 2.05) is 0 Å². The van der Waals surface area contributed by atoms with E-state index in [0.29, 0.717) is 10.6 Å². The van der Waals surface area contributed by atoms with Gasteiger partial charge in [-0.25, -0.2) is 4.39 Å². The van der Waals surface area contributed by atoms with E-state index in [0.717, 1.165) is 25.7 Å². The lowest BCUT2D eigenvalue weighted by molar-refractivity contribution is 0.0844. The molecular weight excluding hydrogens is 241 g/mol. The zero-order chi connectivity index (χ0) is 12.4. The Morgan fingerprint density at radius 2 is 1.94 bits per heavy atom. The molecule has 1 aliphatic carbocycles. The number of halogens is 2. The Morgan fingerprint density at radius 1 is 1.29 bits per heavy atom. The van der Waals surface area contributed by atoms with Gasteiger partial charge < -0.3 is 10.8 Å². The first kappa shape index (κ1) is 12.8. The third-order valence-electron chi connectivity index (χ3n) is 3.52. The predicted octanol–water partition coefficient (Wildman–Crippen LogP) is 3.03. The number of hydrogen-bond acceptors (Lipinski definition) is 2. The molecule has 0 unspecified atom stereocenters. The van der Waals surface area contributed by atoms with Gasteiger partial charge in [-0.1, -0.05) is 24.4 Å². The van der Waals surface area contributed by atoms with Gasteiger partial charge in [-0.05, 0) is 42.5 Å². The van der Waals surface area contributed by atoms with Crippen LogP contribution in [0.3, 0.4) is 0 Å². The Balaban J connectivity index is 2.14. The van der Waals surface area contributed by atoms with Crippen molar-refractivity contribution in [3.63, 3.8) is 0 Å². The van der Waals surface area contributed by atoms with E-state index in [-0.39, 0.29) is 5.92 Å². The maximum atomic E-state index is 13.2. The Labute approximate surface area is 106 Å². The van der Waals surface area contributed by atoms with Crippen molar-refractivity contribution in [1.29, 1.82) is 0 Å². The number of nitrogens with two attached hydrogens (primary N) is 1. The molecule has 1 fully saturated rings. The van der Waals surface area contributed by atoms with Gasteiger partial charge in [0.05, 0.1) is 12.1 Å². The molecule has 94 valence electrons. The molecule has 0 heterocycles. The highest BCUT2D eigenvalue weighted by molar-refractivity contribution is 6.30. The summed E-state index contributed by atoms with van der Waals surface area (Å²) in [5.41, 5.74) is 6.55. The van der Waals surface area contributed by atoms with Crippen LogP contribution in [0.25, 0.3) is 0 Å². The number of hydrogen-bond donors (Lipinski definition) is 2. The fourth-order valence-electron chi connectivity index (χ4n) is 2.56. The van der Waals surface area contributed by atoms with E-state index in [1.54, 1.807) is 6.07 Å². The lowest BCUT2D eigenvalue weighted by atomic mass is 9.91. The molecule has 0 aliphatic heterocycles. The van der Waals surface area contributed by atoms with Crippen molar-refractivity contribution in [2.24, 2.45) is 11.7 Å². The summed E-state index contributed by atoms with van der Waals surface area (Å²) in [6, 6.07) is 3.63. The molecule has 17 heavy (non-hydrogen) atoms. The first-order valence-electron chi connectivity index (χ1n) is 5.97. The second-order valence-electron chi connectivity index (χ2n) is 4.76. The molecule has 1 saturated carbocycles. The summed E-state index contributed by atoms with van der Waals surface area (Å²) in [6.07, 6.45) is 3.65. The predicted molar refractivity (Wildman–Crippen MR) is 66.3 cm³/mol. The molecule has 0 spiro atoms. The van der Waals surface area contributed by atoms with Crippen molar-refractivity contribution in [2.75, 3.05) is 0 Å².